The molecule has 0 aliphatic carbocycles. The van der Waals surface area contributed by atoms with Crippen LogP contribution in [0.3, 0.4) is 0 Å². The number of rotatable bonds is 6. The molecule has 0 saturated carbocycles. The predicted octanol–water partition coefficient (Wildman–Crippen LogP) is 3.99. The Hall–Kier alpha value is -3.46. The number of thiazole rings is 1. The molecule has 0 spiro atoms. The topological polar surface area (TPSA) is 104 Å². The van der Waals surface area contributed by atoms with Crippen LogP contribution < -0.4 is 14.8 Å². The number of ether oxygens (including phenoxy) is 2. The standard InChI is InChI=1S/C18H15N3O5S/c1-25-11-7-8-12(16(9-11)26-2)14-10-27-18(19-14)20-17(22)13-5-3-4-6-15(13)21(23)24/h3-10H,1-2H3,(H,19,20,22). The summed E-state index contributed by atoms with van der Waals surface area (Å²) in [6, 6.07) is 11.1. The number of nitrogens with zero attached hydrogens (tertiary/aromatic N) is 2. The summed E-state index contributed by atoms with van der Waals surface area (Å²) in [7, 11) is 3.11. The van der Waals surface area contributed by atoms with Gasteiger partial charge in [0.2, 0.25) is 0 Å². The number of anilines is 1. The molecule has 0 aliphatic rings. The van der Waals surface area contributed by atoms with Gasteiger partial charge in [-0.2, -0.15) is 0 Å². The highest BCUT2D eigenvalue weighted by Crippen LogP contribution is 2.35. The Bertz CT molecular complexity index is 1000. The summed E-state index contributed by atoms with van der Waals surface area (Å²) < 4.78 is 10.5. The van der Waals surface area contributed by atoms with Crippen LogP contribution in [0.4, 0.5) is 10.8 Å². The number of hydrogen-bond donors (Lipinski definition) is 1. The van der Waals surface area contributed by atoms with E-state index in [4.69, 9.17) is 9.47 Å². The fraction of sp³-hybridized carbons (Fsp3) is 0.111. The number of carbonyl (C=O) groups excluding carboxylic acids is 1. The van der Waals surface area contributed by atoms with Crippen LogP contribution in [0.2, 0.25) is 0 Å². The van der Waals surface area contributed by atoms with Crippen LogP contribution in [0.5, 0.6) is 11.5 Å². The minimum Gasteiger partial charge on any atom is -0.497 e. The fourth-order valence-electron chi connectivity index (χ4n) is 2.45. The molecule has 3 aromatic rings. The van der Waals surface area contributed by atoms with E-state index in [1.165, 1.54) is 29.5 Å². The number of nitrogens with one attached hydrogen (secondary N) is 1. The molecule has 3 rings (SSSR count). The summed E-state index contributed by atoms with van der Waals surface area (Å²) in [6.45, 7) is 0. The maximum atomic E-state index is 12.4. The number of benzene rings is 2. The molecule has 27 heavy (non-hydrogen) atoms. The lowest BCUT2D eigenvalue weighted by Crippen LogP contribution is -2.13. The molecule has 0 fully saturated rings. The highest BCUT2D eigenvalue weighted by Gasteiger charge is 2.20. The third-order valence-corrected chi connectivity index (χ3v) is 4.51. The first-order valence-corrected chi connectivity index (χ1v) is 8.64. The van der Waals surface area contributed by atoms with Crippen LogP contribution in [0.1, 0.15) is 10.4 Å². The number of nitro benzene ring substituents is 1. The third kappa shape index (κ3) is 3.87. The van der Waals surface area contributed by atoms with E-state index >= 15 is 0 Å². The predicted molar refractivity (Wildman–Crippen MR) is 102 cm³/mol. The molecular weight excluding hydrogens is 370 g/mol. The SMILES string of the molecule is COc1ccc(-c2csc(NC(=O)c3ccccc3[N+](=O)[O-])n2)c(OC)c1. The molecule has 0 unspecified atom stereocenters. The van der Waals surface area contributed by atoms with E-state index in [1.54, 1.807) is 43.9 Å². The Morgan fingerprint density at radius 2 is 1.96 bits per heavy atom. The van der Waals surface area contributed by atoms with Crippen LogP contribution >= 0.6 is 11.3 Å². The summed E-state index contributed by atoms with van der Waals surface area (Å²) in [5.74, 6) is 0.636. The second-order valence-electron chi connectivity index (χ2n) is 5.33. The highest BCUT2D eigenvalue weighted by atomic mass is 32.1. The molecule has 0 saturated heterocycles. The quantitative estimate of drug-likeness (QED) is 0.508. The van der Waals surface area contributed by atoms with Gasteiger partial charge >= 0.3 is 0 Å². The number of aromatic nitrogens is 1. The lowest BCUT2D eigenvalue weighted by molar-refractivity contribution is -0.385. The van der Waals surface area contributed by atoms with Gasteiger partial charge in [0.15, 0.2) is 5.13 Å². The van der Waals surface area contributed by atoms with Crippen molar-refractivity contribution in [2.45, 2.75) is 0 Å². The van der Waals surface area contributed by atoms with Crippen molar-refractivity contribution >= 4 is 28.1 Å². The smallest absolute Gasteiger partial charge is 0.282 e. The second-order valence-corrected chi connectivity index (χ2v) is 6.19. The number of hydrogen-bond acceptors (Lipinski definition) is 7. The zero-order valence-electron chi connectivity index (χ0n) is 14.5. The van der Waals surface area contributed by atoms with Gasteiger partial charge < -0.3 is 9.47 Å². The van der Waals surface area contributed by atoms with Crippen molar-refractivity contribution in [2.75, 3.05) is 19.5 Å². The number of nitro groups is 1. The molecule has 0 aliphatic heterocycles. The molecule has 8 nitrogen and oxygen atoms in total. The van der Waals surface area contributed by atoms with Crippen molar-refractivity contribution in [1.82, 2.24) is 4.98 Å². The maximum Gasteiger partial charge on any atom is 0.282 e. The van der Waals surface area contributed by atoms with Gasteiger partial charge in [-0.25, -0.2) is 4.98 Å². The Morgan fingerprint density at radius 3 is 2.67 bits per heavy atom. The Balaban J connectivity index is 1.85. The van der Waals surface area contributed by atoms with E-state index in [9.17, 15) is 14.9 Å². The van der Waals surface area contributed by atoms with E-state index in [-0.39, 0.29) is 11.3 Å². The first-order valence-electron chi connectivity index (χ1n) is 7.76. The Labute approximate surface area is 158 Å². The van der Waals surface area contributed by atoms with E-state index in [1.807, 2.05) is 0 Å². The molecule has 0 bridgehead atoms. The largest absolute Gasteiger partial charge is 0.497 e. The zero-order chi connectivity index (χ0) is 19.4. The molecule has 138 valence electrons. The second kappa shape index (κ2) is 7.83. The molecule has 0 atom stereocenters. The molecule has 1 N–H and O–H groups in total. The lowest BCUT2D eigenvalue weighted by Gasteiger charge is -2.08. The van der Waals surface area contributed by atoms with Gasteiger partial charge in [0.05, 0.1) is 24.8 Å². The number of methoxy groups -OCH3 is 2. The van der Waals surface area contributed by atoms with Crippen LogP contribution in [-0.4, -0.2) is 30.0 Å². The van der Waals surface area contributed by atoms with Gasteiger partial charge in [-0.05, 0) is 18.2 Å². The minimum atomic E-state index is -0.593. The zero-order valence-corrected chi connectivity index (χ0v) is 15.3. The molecule has 0 radical (unpaired) electrons. The lowest BCUT2D eigenvalue weighted by atomic mass is 10.1. The van der Waals surface area contributed by atoms with Crippen LogP contribution in [0.25, 0.3) is 11.3 Å². The Morgan fingerprint density at radius 1 is 1.19 bits per heavy atom. The molecule has 1 amide bonds. The van der Waals surface area contributed by atoms with E-state index in [0.29, 0.717) is 22.3 Å². The normalized spacial score (nSPS) is 10.3. The van der Waals surface area contributed by atoms with Gasteiger partial charge in [-0.15, -0.1) is 11.3 Å². The summed E-state index contributed by atoms with van der Waals surface area (Å²) in [5.41, 5.74) is 1.06. The number of para-hydroxylation sites is 1. The van der Waals surface area contributed by atoms with Crippen molar-refractivity contribution in [2.24, 2.45) is 0 Å². The monoisotopic (exact) mass is 385 g/mol. The van der Waals surface area contributed by atoms with Crippen molar-refractivity contribution in [3.05, 3.63) is 63.5 Å². The summed E-state index contributed by atoms with van der Waals surface area (Å²) in [5, 5.41) is 15.8. The van der Waals surface area contributed by atoms with Gasteiger partial charge in [-0.1, -0.05) is 12.1 Å². The van der Waals surface area contributed by atoms with Crippen LogP contribution in [-0.2, 0) is 0 Å². The van der Waals surface area contributed by atoms with Crippen molar-refractivity contribution in [3.63, 3.8) is 0 Å². The summed E-state index contributed by atoms with van der Waals surface area (Å²) in [6.07, 6.45) is 0. The molecular formula is C18H15N3O5S. The van der Waals surface area contributed by atoms with E-state index in [2.05, 4.69) is 10.3 Å². The van der Waals surface area contributed by atoms with Crippen molar-refractivity contribution in [3.8, 4) is 22.8 Å². The van der Waals surface area contributed by atoms with Gasteiger partial charge in [0, 0.05) is 23.1 Å². The molecule has 1 aromatic heterocycles. The molecule has 2 aromatic carbocycles. The number of carbonyl (C=O) groups is 1. The Kier molecular flexibility index (Phi) is 5.32. The van der Waals surface area contributed by atoms with Crippen molar-refractivity contribution < 1.29 is 19.2 Å². The average Bonchev–Trinajstić information content (AvgIpc) is 3.15. The van der Waals surface area contributed by atoms with Crippen LogP contribution in [0.15, 0.2) is 47.8 Å². The number of amides is 1. The van der Waals surface area contributed by atoms with E-state index in [0.717, 1.165) is 5.56 Å². The molecule has 9 heteroatoms. The molecule has 1 heterocycles. The van der Waals surface area contributed by atoms with E-state index < -0.39 is 10.8 Å². The van der Waals surface area contributed by atoms with Gasteiger partial charge in [0.25, 0.3) is 11.6 Å². The maximum absolute atomic E-state index is 12.4. The summed E-state index contributed by atoms with van der Waals surface area (Å²) in [4.78, 5) is 27.3. The average molecular weight is 385 g/mol. The fourth-order valence-corrected chi connectivity index (χ4v) is 3.16. The van der Waals surface area contributed by atoms with Crippen molar-refractivity contribution in [1.29, 1.82) is 0 Å². The first-order chi connectivity index (χ1) is 13.0. The minimum absolute atomic E-state index is 0.0266. The first kappa shape index (κ1) is 18.3. The third-order valence-electron chi connectivity index (χ3n) is 3.75. The highest BCUT2D eigenvalue weighted by molar-refractivity contribution is 7.14. The summed E-state index contributed by atoms with van der Waals surface area (Å²) >= 11 is 1.21. The van der Waals surface area contributed by atoms with Crippen LogP contribution in [0, 0.1) is 10.1 Å². The van der Waals surface area contributed by atoms with Gasteiger partial charge in [-0.3, -0.25) is 20.2 Å². The van der Waals surface area contributed by atoms with Gasteiger partial charge in [0.1, 0.15) is 17.1 Å².